The van der Waals surface area contributed by atoms with Gasteiger partial charge in [0.05, 0.1) is 25.5 Å². The number of nitrogens with zero attached hydrogens (tertiary/aromatic N) is 2. The van der Waals surface area contributed by atoms with Crippen LogP contribution in [0.3, 0.4) is 0 Å². The molecule has 4 heteroatoms. The molecule has 2 aromatic heterocycles. The number of anilines is 2. The van der Waals surface area contributed by atoms with Crippen LogP contribution < -0.4 is 20.6 Å². The van der Waals surface area contributed by atoms with Crippen LogP contribution in [-0.2, 0) is 13.1 Å². The molecule has 2 aromatic rings. The zero-order valence-electron chi connectivity index (χ0n) is 11.9. The van der Waals surface area contributed by atoms with Gasteiger partial charge in [-0.05, 0) is 37.8 Å². The quantitative estimate of drug-likeness (QED) is 0.595. The topological polar surface area (TPSA) is 59.8 Å². The Hall–Kier alpha value is -2.10. The van der Waals surface area contributed by atoms with E-state index in [4.69, 9.17) is 11.5 Å². The fraction of sp³-hybridized carbons (Fsp3) is 0.375. The molecule has 0 fully saturated rings. The molecule has 0 aliphatic rings. The van der Waals surface area contributed by atoms with Gasteiger partial charge < -0.3 is 0 Å². The summed E-state index contributed by atoms with van der Waals surface area (Å²) in [5.74, 6) is 1.67. The number of aromatic nitrogens is 2. The number of pyridine rings is 2. The number of nitrogen functional groups attached to an aromatic ring is 2. The van der Waals surface area contributed by atoms with Gasteiger partial charge >= 0.3 is 0 Å². The Labute approximate surface area is 120 Å². The fourth-order valence-corrected chi connectivity index (χ4v) is 2.30. The first kappa shape index (κ1) is 14.3. The van der Waals surface area contributed by atoms with Crippen LogP contribution in [0.2, 0.25) is 0 Å². The predicted octanol–water partition coefficient (Wildman–Crippen LogP) is 1.69. The summed E-state index contributed by atoms with van der Waals surface area (Å²) in [6, 6.07) is 11.8. The van der Waals surface area contributed by atoms with Crippen molar-refractivity contribution < 1.29 is 9.13 Å². The van der Waals surface area contributed by atoms with Crippen molar-refractivity contribution in [3.05, 3.63) is 48.8 Å². The van der Waals surface area contributed by atoms with E-state index in [1.807, 2.05) is 48.8 Å². The van der Waals surface area contributed by atoms with E-state index >= 15 is 0 Å². The Bertz CT molecular complexity index is 490. The van der Waals surface area contributed by atoms with Gasteiger partial charge in [-0.2, -0.15) is 0 Å². The average molecular weight is 272 g/mol. The molecule has 0 unspecified atom stereocenters. The van der Waals surface area contributed by atoms with E-state index in [1.54, 1.807) is 0 Å². The first-order valence-corrected chi connectivity index (χ1v) is 7.25. The van der Waals surface area contributed by atoms with Crippen molar-refractivity contribution in [2.45, 2.75) is 38.8 Å². The molecule has 0 atom stereocenters. The number of rotatable bonds is 7. The summed E-state index contributed by atoms with van der Waals surface area (Å²) in [6.45, 7) is 1.99. The van der Waals surface area contributed by atoms with E-state index in [0.717, 1.165) is 37.6 Å². The first-order chi connectivity index (χ1) is 9.77. The van der Waals surface area contributed by atoms with Crippen LogP contribution in [0.1, 0.15) is 25.7 Å². The first-order valence-electron chi connectivity index (χ1n) is 7.25. The van der Waals surface area contributed by atoms with Gasteiger partial charge in [0.25, 0.3) is 11.6 Å². The molecule has 0 spiro atoms. The second kappa shape index (κ2) is 7.48. The maximum atomic E-state index is 5.90. The van der Waals surface area contributed by atoms with Gasteiger partial charge in [0.1, 0.15) is 0 Å². The minimum absolute atomic E-state index is 0.833. The monoisotopic (exact) mass is 272 g/mol. The van der Waals surface area contributed by atoms with Gasteiger partial charge in [-0.25, -0.2) is 9.13 Å². The predicted molar refractivity (Wildman–Crippen MR) is 80.6 cm³/mol. The van der Waals surface area contributed by atoms with Gasteiger partial charge in [-0.1, -0.05) is 12.1 Å². The second-order valence-corrected chi connectivity index (χ2v) is 5.05. The molecule has 0 saturated heterocycles. The highest BCUT2D eigenvalue weighted by molar-refractivity contribution is 5.19. The molecule has 0 aliphatic heterocycles. The van der Waals surface area contributed by atoms with E-state index < -0.39 is 0 Å². The third-order valence-electron chi connectivity index (χ3n) is 3.50. The summed E-state index contributed by atoms with van der Waals surface area (Å²) in [6.07, 6.45) is 8.83. The van der Waals surface area contributed by atoms with Crippen LogP contribution in [0.25, 0.3) is 0 Å². The highest BCUT2D eigenvalue weighted by Crippen LogP contribution is 2.02. The number of hydrogen-bond acceptors (Lipinski definition) is 2. The van der Waals surface area contributed by atoms with Crippen LogP contribution in [0.15, 0.2) is 48.8 Å². The molecule has 20 heavy (non-hydrogen) atoms. The lowest BCUT2D eigenvalue weighted by Gasteiger charge is -2.04. The number of nitrogens with two attached hydrogens (primary N) is 2. The van der Waals surface area contributed by atoms with Crippen LogP contribution >= 0.6 is 0 Å². The zero-order chi connectivity index (χ0) is 14.2. The van der Waals surface area contributed by atoms with E-state index in [-0.39, 0.29) is 0 Å². The summed E-state index contributed by atoms with van der Waals surface area (Å²) in [7, 11) is 0. The summed E-state index contributed by atoms with van der Waals surface area (Å²) >= 11 is 0. The molecule has 0 saturated carbocycles. The lowest BCUT2D eigenvalue weighted by Crippen LogP contribution is -2.37. The van der Waals surface area contributed by atoms with Gasteiger partial charge in [0.2, 0.25) is 0 Å². The van der Waals surface area contributed by atoms with Crippen molar-refractivity contribution >= 4 is 11.6 Å². The van der Waals surface area contributed by atoms with Crippen molar-refractivity contribution in [3.8, 4) is 0 Å². The Kier molecular flexibility index (Phi) is 5.35. The van der Waals surface area contributed by atoms with Crippen LogP contribution in [-0.4, -0.2) is 0 Å². The maximum absolute atomic E-state index is 5.90. The molecule has 0 aromatic carbocycles. The molecular formula is C16H24N4+2. The Morgan fingerprint density at radius 1 is 0.650 bits per heavy atom. The van der Waals surface area contributed by atoms with Crippen molar-refractivity contribution in [3.63, 3.8) is 0 Å². The van der Waals surface area contributed by atoms with Crippen LogP contribution in [0.5, 0.6) is 0 Å². The standard InChI is InChI=1S/C16H22N4/c17-15-9-3-7-13-19(15)11-5-1-2-6-12-20-14-8-4-10-16(20)18/h3-4,7-10,13-14,17-18H,1-2,5-6,11-12H2/p+2. The zero-order valence-corrected chi connectivity index (χ0v) is 11.9. The molecule has 0 bridgehead atoms. The fourth-order valence-electron chi connectivity index (χ4n) is 2.30. The molecule has 4 nitrogen and oxygen atoms in total. The van der Waals surface area contributed by atoms with Crippen molar-refractivity contribution in [2.75, 3.05) is 11.5 Å². The lowest BCUT2D eigenvalue weighted by molar-refractivity contribution is -0.684. The highest BCUT2D eigenvalue weighted by atomic mass is 15.0. The molecule has 106 valence electrons. The van der Waals surface area contributed by atoms with E-state index in [0.29, 0.717) is 0 Å². The number of hydrogen-bond donors (Lipinski definition) is 2. The van der Waals surface area contributed by atoms with Crippen molar-refractivity contribution in [1.29, 1.82) is 0 Å². The molecule has 0 aliphatic carbocycles. The number of unbranched alkanes of at least 4 members (excludes halogenated alkanes) is 3. The molecular weight excluding hydrogens is 248 g/mol. The minimum Gasteiger partial charge on any atom is -0.287 e. The Morgan fingerprint density at radius 2 is 1.10 bits per heavy atom. The molecule has 0 radical (unpaired) electrons. The van der Waals surface area contributed by atoms with Gasteiger partial charge in [0, 0.05) is 12.1 Å². The Morgan fingerprint density at radius 3 is 1.50 bits per heavy atom. The third kappa shape index (κ3) is 4.23. The highest BCUT2D eigenvalue weighted by Gasteiger charge is 2.03. The SMILES string of the molecule is Nc1cccc[n+]1CCCCCC[n+]1ccccc1N. The molecule has 2 heterocycles. The number of aryl methyl sites for hydroxylation is 2. The van der Waals surface area contributed by atoms with Gasteiger partial charge in [-0.3, -0.25) is 11.5 Å². The molecule has 2 rings (SSSR count). The largest absolute Gasteiger partial charge is 0.287 e. The van der Waals surface area contributed by atoms with Crippen molar-refractivity contribution in [2.24, 2.45) is 0 Å². The van der Waals surface area contributed by atoms with Gasteiger partial charge in [0.15, 0.2) is 0 Å². The molecule has 4 N–H and O–H groups in total. The average Bonchev–Trinajstić information content (AvgIpc) is 2.46. The van der Waals surface area contributed by atoms with E-state index in [9.17, 15) is 0 Å². The second-order valence-electron chi connectivity index (χ2n) is 5.05. The summed E-state index contributed by atoms with van der Waals surface area (Å²) in [5.41, 5.74) is 11.8. The Balaban J connectivity index is 1.63. The van der Waals surface area contributed by atoms with Crippen LogP contribution in [0.4, 0.5) is 11.6 Å². The summed E-state index contributed by atoms with van der Waals surface area (Å²) in [5, 5.41) is 0. The van der Waals surface area contributed by atoms with E-state index in [2.05, 4.69) is 9.13 Å². The van der Waals surface area contributed by atoms with Gasteiger partial charge in [-0.15, -0.1) is 0 Å². The summed E-state index contributed by atoms with van der Waals surface area (Å²) < 4.78 is 4.20. The van der Waals surface area contributed by atoms with Crippen molar-refractivity contribution in [1.82, 2.24) is 0 Å². The maximum Gasteiger partial charge on any atom is 0.272 e. The normalized spacial score (nSPS) is 10.6. The minimum atomic E-state index is 0.833. The summed E-state index contributed by atoms with van der Waals surface area (Å²) in [4.78, 5) is 0. The lowest BCUT2D eigenvalue weighted by atomic mass is 10.2. The smallest absolute Gasteiger partial charge is 0.272 e. The molecule has 0 amide bonds. The third-order valence-corrected chi connectivity index (χ3v) is 3.50. The van der Waals surface area contributed by atoms with E-state index in [1.165, 1.54) is 12.8 Å². The van der Waals surface area contributed by atoms with Crippen LogP contribution in [0, 0.1) is 0 Å².